The van der Waals surface area contributed by atoms with Gasteiger partial charge < -0.3 is 10.6 Å². The summed E-state index contributed by atoms with van der Waals surface area (Å²) < 4.78 is 0. The van der Waals surface area contributed by atoms with Crippen LogP contribution in [-0.4, -0.2) is 18.4 Å². The minimum atomic E-state index is -0.220. The Labute approximate surface area is 135 Å². The first kappa shape index (κ1) is 15.3. The van der Waals surface area contributed by atoms with Gasteiger partial charge in [0.2, 0.25) is 11.8 Å². The van der Waals surface area contributed by atoms with Gasteiger partial charge in [-0.15, -0.1) is 0 Å². The normalized spacial score (nSPS) is 26.0. The molecule has 0 radical (unpaired) electrons. The fourth-order valence-electron chi connectivity index (χ4n) is 3.80. The van der Waals surface area contributed by atoms with Crippen LogP contribution in [0.5, 0.6) is 0 Å². The highest BCUT2D eigenvalue weighted by Gasteiger charge is 2.42. The summed E-state index contributed by atoms with van der Waals surface area (Å²) >= 11 is 6.03. The monoisotopic (exact) mass is 320 g/mol. The Morgan fingerprint density at radius 1 is 1.27 bits per heavy atom. The predicted octanol–water partition coefficient (Wildman–Crippen LogP) is 3.14. The summed E-state index contributed by atoms with van der Waals surface area (Å²) in [5.41, 5.74) is 1.52. The van der Waals surface area contributed by atoms with Gasteiger partial charge in [-0.05, 0) is 55.7 Å². The Morgan fingerprint density at radius 3 is 2.77 bits per heavy atom. The van der Waals surface area contributed by atoms with E-state index in [0.717, 1.165) is 24.3 Å². The fraction of sp³-hybridized carbons (Fsp3) is 0.529. The lowest BCUT2D eigenvalue weighted by atomic mass is 9.88. The fourth-order valence-corrected chi connectivity index (χ4v) is 3.98. The molecule has 22 heavy (non-hydrogen) atoms. The van der Waals surface area contributed by atoms with Gasteiger partial charge in [0.05, 0.1) is 6.54 Å². The van der Waals surface area contributed by atoms with Crippen LogP contribution in [0.3, 0.4) is 0 Å². The van der Waals surface area contributed by atoms with E-state index in [9.17, 15) is 9.59 Å². The van der Waals surface area contributed by atoms with Gasteiger partial charge in [-0.3, -0.25) is 9.59 Å². The lowest BCUT2D eigenvalue weighted by Crippen LogP contribution is -2.38. The molecular formula is C17H21ClN2O2. The number of hydrogen-bond donors (Lipinski definition) is 2. The molecule has 2 N–H and O–H groups in total. The summed E-state index contributed by atoms with van der Waals surface area (Å²) in [4.78, 5) is 24.2. The van der Waals surface area contributed by atoms with Crippen molar-refractivity contribution >= 4 is 29.1 Å². The first-order valence-corrected chi connectivity index (χ1v) is 8.25. The molecule has 2 saturated carbocycles. The first-order chi connectivity index (χ1) is 10.5. The van der Waals surface area contributed by atoms with E-state index >= 15 is 0 Å². The van der Waals surface area contributed by atoms with Gasteiger partial charge in [-0.1, -0.05) is 24.1 Å². The van der Waals surface area contributed by atoms with Crippen molar-refractivity contribution in [2.24, 2.45) is 17.8 Å². The van der Waals surface area contributed by atoms with Crippen molar-refractivity contribution in [2.75, 3.05) is 11.9 Å². The second-order valence-corrected chi connectivity index (χ2v) is 6.87. The lowest BCUT2D eigenvalue weighted by Gasteiger charge is -2.20. The number of benzene rings is 1. The van der Waals surface area contributed by atoms with E-state index in [1.807, 2.05) is 6.92 Å². The Kier molecular flexibility index (Phi) is 4.39. The van der Waals surface area contributed by atoms with Gasteiger partial charge in [0.1, 0.15) is 0 Å². The zero-order valence-electron chi connectivity index (χ0n) is 12.7. The van der Waals surface area contributed by atoms with Gasteiger partial charge in [0.25, 0.3) is 0 Å². The third-order valence-corrected chi connectivity index (χ3v) is 5.45. The van der Waals surface area contributed by atoms with E-state index in [0.29, 0.717) is 16.6 Å². The van der Waals surface area contributed by atoms with E-state index in [-0.39, 0.29) is 24.3 Å². The molecule has 3 atom stereocenters. The van der Waals surface area contributed by atoms with Gasteiger partial charge in [0.15, 0.2) is 0 Å². The number of nitrogens with one attached hydrogen (secondary N) is 2. The Hall–Kier alpha value is -1.55. The number of hydrogen-bond acceptors (Lipinski definition) is 2. The maximum atomic E-state index is 12.2. The third-order valence-electron chi connectivity index (χ3n) is 5.04. The van der Waals surface area contributed by atoms with Crippen LogP contribution in [0.4, 0.5) is 5.69 Å². The largest absolute Gasteiger partial charge is 0.347 e. The zero-order valence-corrected chi connectivity index (χ0v) is 13.5. The average molecular weight is 321 g/mol. The Bertz CT molecular complexity index is 602. The Balaban J connectivity index is 1.50. The molecule has 4 nitrogen and oxygen atoms in total. The SMILES string of the molecule is Cc1c(Cl)cccc1NC(=O)CNC(=O)[C@@H]1C[C@H]2CC[C@H]1C2. The van der Waals surface area contributed by atoms with Gasteiger partial charge in [0, 0.05) is 16.6 Å². The minimum absolute atomic E-state index is 0.0126. The molecule has 0 spiro atoms. The third kappa shape index (κ3) is 3.12. The molecule has 1 aromatic rings. The van der Waals surface area contributed by atoms with Crippen LogP contribution >= 0.6 is 11.6 Å². The van der Waals surface area contributed by atoms with Crippen LogP contribution in [0.25, 0.3) is 0 Å². The maximum Gasteiger partial charge on any atom is 0.243 e. The molecule has 0 aromatic heterocycles. The van der Waals surface area contributed by atoms with E-state index in [4.69, 9.17) is 11.6 Å². The van der Waals surface area contributed by atoms with Crippen LogP contribution in [-0.2, 0) is 9.59 Å². The van der Waals surface area contributed by atoms with Gasteiger partial charge in [-0.2, -0.15) is 0 Å². The number of carbonyl (C=O) groups is 2. The van der Waals surface area contributed by atoms with Crippen LogP contribution in [0, 0.1) is 24.7 Å². The van der Waals surface area contributed by atoms with Crippen molar-refractivity contribution in [3.05, 3.63) is 28.8 Å². The van der Waals surface area contributed by atoms with E-state index in [2.05, 4.69) is 10.6 Å². The van der Waals surface area contributed by atoms with Crippen molar-refractivity contribution in [3.8, 4) is 0 Å². The maximum absolute atomic E-state index is 12.2. The van der Waals surface area contributed by atoms with Crippen molar-refractivity contribution in [1.29, 1.82) is 0 Å². The van der Waals surface area contributed by atoms with Crippen molar-refractivity contribution in [1.82, 2.24) is 5.32 Å². The first-order valence-electron chi connectivity index (χ1n) is 7.87. The second-order valence-electron chi connectivity index (χ2n) is 6.46. The van der Waals surface area contributed by atoms with Crippen molar-refractivity contribution in [3.63, 3.8) is 0 Å². The molecule has 2 aliphatic rings. The summed E-state index contributed by atoms with van der Waals surface area (Å²) in [6.45, 7) is 1.87. The van der Waals surface area contributed by atoms with Crippen molar-refractivity contribution < 1.29 is 9.59 Å². The topological polar surface area (TPSA) is 58.2 Å². The number of anilines is 1. The number of halogens is 1. The molecule has 118 valence electrons. The minimum Gasteiger partial charge on any atom is -0.347 e. The zero-order chi connectivity index (χ0) is 15.7. The molecule has 0 unspecified atom stereocenters. The number of rotatable bonds is 4. The molecule has 0 aliphatic heterocycles. The van der Waals surface area contributed by atoms with Crippen LogP contribution in [0.15, 0.2) is 18.2 Å². The average Bonchev–Trinajstić information content (AvgIpc) is 3.12. The number of carbonyl (C=O) groups excluding carboxylic acids is 2. The molecular weight excluding hydrogens is 300 g/mol. The highest BCUT2D eigenvalue weighted by Crippen LogP contribution is 2.48. The van der Waals surface area contributed by atoms with E-state index in [1.165, 1.54) is 12.8 Å². The molecule has 2 amide bonds. The van der Waals surface area contributed by atoms with Crippen LogP contribution in [0.1, 0.15) is 31.2 Å². The summed E-state index contributed by atoms with van der Waals surface area (Å²) in [7, 11) is 0. The highest BCUT2D eigenvalue weighted by atomic mass is 35.5. The summed E-state index contributed by atoms with van der Waals surface area (Å²) in [5, 5.41) is 6.19. The molecule has 2 aliphatic carbocycles. The van der Waals surface area contributed by atoms with Gasteiger partial charge >= 0.3 is 0 Å². The quantitative estimate of drug-likeness (QED) is 0.895. The second kappa shape index (κ2) is 6.29. The van der Waals surface area contributed by atoms with Crippen molar-refractivity contribution in [2.45, 2.75) is 32.6 Å². The number of amides is 2. The molecule has 2 fully saturated rings. The summed E-state index contributed by atoms with van der Waals surface area (Å²) in [5.74, 6) is 1.18. The molecule has 0 saturated heterocycles. The van der Waals surface area contributed by atoms with E-state index < -0.39 is 0 Å². The number of fused-ring (bicyclic) bond motifs is 2. The van der Waals surface area contributed by atoms with Crippen LogP contribution in [0.2, 0.25) is 5.02 Å². The summed E-state index contributed by atoms with van der Waals surface area (Å²) in [6, 6.07) is 5.37. The highest BCUT2D eigenvalue weighted by molar-refractivity contribution is 6.31. The standard InChI is InChI=1S/C17H21ClN2O2/c1-10-14(18)3-2-4-15(10)20-16(21)9-19-17(22)13-8-11-5-6-12(13)7-11/h2-4,11-13H,5-9H2,1H3,(H,19,22)(H,20,21)/t11-,12-,13+/m0/s1. The van der Waals surface area contributed by atoms with Crippen LogP contribution < -0.4 is 10.6 Å². The molecule has 5 heteroatoms. The lowest BCUT2D eigenvalue weighted by molar-refractivity contribution is -0.128. The van der Waals surface area contributed by atoms with Gasteiger partial charge in [-0.25, -0.2) is 0 Å². The predicted molar refractivity (Wildman–Crippen MR) is 86.8 cm³/mol. The molecule has 0 heterocycles. The molecule has 2 bridgehead atoms. The summed E-state index contributed by atoms with van der Waals surface area (Å²) in [6.07, 6.45) is 4.61. The van der Waals surface area contributed by atoms with E-state index in [1.54, 1.807) is 18.2 Å². The smallest absolute Gasteiger partial charge is 0.243 e. The Morgan fingerprint density at radius 2 is 2.09 bits per heavy atom. The molecule has 1 aromatic carbocycles. The molecule has 3 rings (SSSR count).